The quantitative estimate of drug-likeness (QED) is 0.334. The van der Waals surface area contributed by atoms with Crippen molar-refractivity contribution in [3.8, 4) is 0 Å². The Morgan fingerprint density at radius 2 is 1.75 bits per heavy atom. The van der Waals surface area contributed by atoms with E-state index in [9.17, 15) is 33.1 Å². The van der Waals surface area contributed by atoms with Crippen LogP contribution in [0.15, 0.2) is 0 Å². The van der Waals surface area contributed by atoms with E-state index >= 15 is 0 Å². The molecule has 230 valence electrons. The Kier molecular flexibility index (Phi) is 8.50. The molecule has 0 aromatic heterocycles. The number of fused-ring (bicyclic) bond motifs is 5. The summed E-state index contributed by atoms with van der Waals surface area (Å²) in [6.45, 7) is 9.51. The first-order valence-corrected chi connectivity index (χ1v) is 17.6. The molecule has 1 saturated heterocycles. The van der Waals surface area contributed by atoms with Gasteiger partial charge in [-0.15, -0.1) is 0 Å². The van der Waals surface area contributed by atoms with E-state index in [1.54, 1.807) is 4.90 Å². The fourth-order valence-electron chi connectivity index (χ4n) is 11.2. The van der Waals surface area contributed by atoms with E-state index in [0.717, 1.165) is 44.9 Å². The van der Waals surface area contributed by atoms with Crippen LogP contribution in [0.2, 0.25) is 0 Å². The minimum absolute atomic E-state index is 0.0244. The van der Waals surface area contributed by atoms with Crippen molar-refractivity contribution in [3.05, 3.63) is 0 Å². The summed E-state index contributed by atoms with van der Waals surface area (Å²) in [5, 5.41) is 34.3. The summed E-state index contributed by atoms with van der Waals surface area (Å²) < 4.78 is 32.2. The molecule has 8 nitrogen and oxygen atoms in total. The van der Waals surface area contributed by atoms with Crippen LogP contribution in [0.25, 0.3) is 0 Å². The molecule has 40 heavy (non-hydrogen) atoms. The first-order valence-electron chi connectivity index (χ1n) is 16.0. The zero-order valence-electron chi connectivity index (χ0n) is 24.9. The Labute approximate surface area is 241 Å². The molecule has 13 unspecified atom stereocenters. The molecule has 5 rings (SSSR count). The number of carbonyl (C=O) groups is 1. The lowest BCUT2D eigenvalue weighted by atomic mass is 9.41. The molecule has 9 heteroatoms. The van der Waals surface area contributed by atoms with Gasteiger partial charge < -0.3 is 20.2 Å². The molecular formula is C31H53NO7S. The smallest absolute Gasteiger partial charge is 0.266 e. The fourth-order valence-corrected chi connectivity index (χ4v) is 12.0. The molecule has 1 aliphatic heterocycles. The first-order chi connectivity index (χ1) is 18.7. The molecule has 0 bridgehead atoms. The molecule has 0 aromatic carbocycles. The Morgan fingerprint density at radius 3 is 2.42 bits per heavy atom. The maximum absolute atomic E-state index is 13.1. The molecule has 4 aliphatic carbocycles. The largest absolute Gasteiger partial charge is 0.393 e. The van der Waals surface area contributed by atoms with Gasteiger partial charge in [-0.1, -0.05) is 34.1 Å². The summed E-state index contributed by atoms with van der Waals surface area (Å²) in [4.78, 5) is 14.8. The highest BCUT2D eigenvalue weighted by atomic mass is 32.2. The van der Waals surface area contributed by atoms with Crippen LogP contribution in [0.4, 0.5) is 0 Å². The zero-order valence-corrected chi connectivity index (χ0v) is 25.7. The van der Waals surface area contributed by atoms with Gasteiger partial charge in [-0.3, -0.25) is 9.35 Å². The van der Waals surface area contributed by atoms with Crippen LogP contribution in [0.5, 0.6) is 0 Å². The van der Waals surface area contributed by atoms with Crippen LogP contribution < -0.4 is 0 Å². The highest BCUT2D eigenvalue weighted by Gasteiger charge is 2.67. The lowest BCUT2D eigenvalue weighted by molar-refractivity contribution is -0.228. The van der Waals surface area contributed by atoms with E-state index in [1.807, 2.05) is 0 Å². The lowest BCUT2D eigenvalue weighted by Gasteiger charge is -2.65. The molecule has 0 radical (unpaired) electrons. The van der Waals surface area contributed by atoms with Gasteiger partial charge in [-0.05, 0) is 110 Å². The van der Waals surface area contributed by atoms with E-state index in [-0.39, 0.29) is 64.3 Å². The Bertz CT molecular complexity index is 1050. The molecule has 0 spiro atoms. The third kappa shape index (κ3) is 5.07. The maximum atomic E-state index is 13.1. The monoisotopic (exact) mass is 583 g/mol. The fraction of sp³-hybridized carbons (Fsp3) is 0.968. The Balaban J connectivity index is 1.31. The van der Waals surface area contributed by atoms with Gasteiger partial charge in [0, 0.05) is 19.0 Å². The molecule has 5 aliphatic rings. The predicted molar refractivity (Wildman–Crippen MR) is 153 cm³/mol. The van der Waals surface area contributed by atoms with Crippen LogP contribution in [0.3, 0.4) is 0 Å². The number of amides is 1. The van der Waals surface area contributed by atoms with E-state index < -0.39 is 34.1 Å². The molecule has 4 saturated carbocycles. The highest BCUT2D eigenvalue weighted by Crippen LogP contribution is 2.69. The minimum Gasteiger partial charge on any atom is -0.393 e. The first kappa shape index (κ1) is 30.7. The Morgan fingerprint density at radius 1 is 1.02 bits per heavy atom. The molecule has 1 amide bonds. The molecule has 0 aromatic rings. The van der Waals surface area contributed by atoms with Crippen LogP contribution in [0.1, 0.15) is 98.3 Å². The molecule has 1 heterocycles. The number of rotatable bonds is 7. The van der Waals surface area contributed by atoms with Crippen molar-refractivity contribution in [1.82, 2.24) is 4.90 Å². The number of carbonyl (C=O) groups excluding carboxylic acids is 1. The maximum Gasteiger partial charge on any atom is 0.266 e. The summed E-state index contributed by atoms with van der Waals surface area (Å²) >= 11 is 0. The van der Waals surface area contributed by atoms with Gasteiger partial charge in [0.15, 0.2) is 0 Å². The number of likely N-dealkylation sites (tertiary alicyclic amines) is 1. The van der Waals surface area contributed by atoms with Gasteiger partial charge in [0.05, 0.1) is 24.1 Å². The van der Waals surface area contributed by atoms with E-state index in [1.165, 1.54) is 0 Å². The van der Waals surface area contributed by atoms with E-state index in [4.69, 9.17) is 0 Å². The van der Waals surface area contributed by atoms with Crippen LogP contribution >= 0.6 is 0 Å². The van der Waals surface area contributed by atoms with Gasteiger partial charge in [0.1, 0.15) is 0 Å². The van der Waals surface area contributed by atoms with Crippen molar-refractivity contribution >= 4 is 16.0 Å². The second-order valence-corrected chi connectivity index (χ2v) is 16.3. The van der Waals surface area contributed by atoms with E-state index in [2.05, 4.69) is 27.7 Å². The van der Waals surface area contributed by atoms with Gasteiger partial charge >= 0.3 is 0 Å². The van der Waals surface area contributed by atoms with Crippen LogP contribution in [0, 0.1) is 52.3 Å². The number of hydrogen-bond acceptors (Lipinski definition) is 6. The van der Waals surface area contributed by atoms with Crippen molar-refractivity contribution in [3.63, 3.8) is 0 Å². The topological polar surface area (TPSA) is 135 Å². The van der Waals surface area contributed by atoms with Crippen molar-refractivity contribution in [1.29, 1.82) is 0 Å². The van der Waals surface area contributed by atoms with Crippen LogP contribution in [-0.4, -0.2) is 75.7 Å². The predicted octanol–water partition coefficient (Wildman–Crippen LogP) is 3.88. The average Bonchev–Trinajstić information content (AvgIpc) is 3.48. The van der Waals surface area contributed by atoms with Gasteiger partial charge in [0.2, 0.25) is 5.91 Å². The van der Waals surface area contributed by atoms with Gasteiger partial charge in [0.25, 0.3) is 10.1 Å². The third-order valence-electron chi connectivity index (χ3n) is 13.2. The van der Waals surface area contributed by atoms with Crippen LogP contribution in [-0.2, 0) is 14.9 Å². The minimum atomic E-state index is -4.14. The molecule has 13 atom stereocenters. The number of aliphatic hydroxyl groups excluding tert-OH is 3. The second kappa shape index (κ2) is 11.1. The van der Waals surface area contributed by atoms with Crippen molar-refractivity contribution in [2.75, 3.05) is 12.3 Å². The summed E-state index contributed by atoms with van der Waals surface area (Å²) in [5.74, 6) is 1.11. The summed E-state index contributed by atoms with van der Waals surface area (Å²) in [6.07, 6.45) is 7.26. The van der Waals surface area contributed by atoms with Crippen molar-refractivity contribution in [2.45, 2.75) is 123 Å². The molecular weight excluding hydrogens is 530 g/mol. The summed E-state index contributed by atoms with van der Waals surface area (Å²) in [7, 11) is -4.14. The lowest BCUT2D eigenvalue weighted by Crippen LogP contribution is -2.65. The SMILES string of the molecule is CCC1C(O)C2C(CC(O)C3(C)C(C(C)CCC(=O)N4CCCC4CS(=O)(=O)O)CCC23)C2(C)CCC(O)CC12. The van der Waals surface area contributed by atoms with Gasteiger partial charge in [-0.2, -0.15) is 8.42 Å². The number of aliphatic hydroxyl groups is 3. The molecule has 5 fully saturated rings. The number of nitrogens with zero attached hydrogens (tertiary/aromatic N) is 1. The summed E-state index contributed by atoms with van der Waals surface area (Å²) in [6, 6.07) is -0.450. The normalized spacial score (nSPS) is 47.9. The zero-order chi connectivity index (χ0) is 29.2. The third-order valence-corrected chi connectivity index (χ3v) is 14.0. The Hall–Kier alpha value is -0.740. The van der Waals surface area contributed by atoms with Crippen molar-refractivity contribution < 1.29 is 33.1 Å². The molecule has 4 N–H and O–H groups in total. The standard InChI is InChI=1S/C31H53NO7S/c1-5-21-24-15-20(33)12-13-30(24,3)25-16-26(34)31(4)22(9-10-23(31)28(25)29(21)36)18(2)8-11-27(35)32-14-6-7-19(32)17-40(37,38)39/h18-26,28-29,33-34,36H,5-17H2,1-4H3,(H,37,38,39). The van der Waals surface area contributed by atoms with E-state index in [0.29, 0.717) is 32.2 Å². The average molecular weight is 584 g/mol. The summed E-state index contributed by atoms with van der Waals surface area (Å²) in [5.41, 5.74) is -0.294. The van der Waals surface area contributed by atoms with Gasteiger partial charge in [-0.25, -0.2) is 0 Å². The second-order valence-electron chi connectivity index (χ2n) is 14.8. The number of hydrogen-bond donors (Lipinski definition) is 4. The highest BCUT2D eigenvalue weighted by molar-refractivity contribution is 7.85. The van der Waals surface area contributed by atoms with Crippen molar-refractivity contribution in [2.24, 2.45) is 52.3 Å².